The van der Waals surface area contributed by atoms with E-state index in [2.05, 4.69) is 0 Å². The first kappa shape index (κ1) is 21.2. The van der Waals surface area contributed by atoms with Gasteiger partial charge < -0.3 is 14.2 Å². The van der Waals surface area contributed by atoms with Crippen LogP contribution in [0.4, 0.5) is 0 Å². The van der Waals surface area contributed by atoms with Crippen LogP contribution in [0.2, 0.25) is 0 Å². The molecule has 0 unspecified atom stereocenters. The van der Waals surface area contributed by atoms with Gasteiger partial charge in [-0.05, 0) is 37.5 Å². The molecule has 0 saturated carbocycles. The third kappa shape index (κ3) is 5.62. The van der Waals surface area contributed by atoms with Crippen LogP contribution >= 0.6 is 0 Å². The Hall–Kier alpha value is -2.82. The van der Waals surface area contributed by atoms with E-state index in [9.17, 15) is 9.59 Å². The maximum Gasteiger partial charge on any atom is 0.323 e. The molecule has 1 rings (SSSR count). The minimum atomic E-state index is -1.41. The molecule has 5 nitrogen and oxygen atoms in total. The van der Waals surface area contributed by atoms with Crippen molar-refractivity contribution in [1.29, 1.82) is 0 Å². The van der Waals surface area contributed by atoms with Gasteiger partial charge in [0.25, 0.3) is 0 Å². The lowest BCUT2D eigenvalue weighted by atomic mass is 9.80. The smallest absolute Gasteiger partial charge is 0.323 e. The van der Waals surface area contributed by atoms with Crippen LogP contribution in [0.15, 0.2) is 54.6 Å². The van der Waals surface area contributed by atoms with Gasteiger partial charge in [-0.1, -0.05) is 48.6 Å². The second-order valence-corrected chi connectivity index (χ2v) is 5.60. The monoisotopic (exact) mass is 358 g/mol. The molecule has 0 radical (unpaired) electrons. The fourth-order valence-electron chi connectivity index (χ4n) is 2.46. The number of hydrogen-bond donors (Lipinski definition) is 0. The zero-order valence-electron chi connectivity index (χ0n) is 15.7. The topological polar surface area (TPSA) is 61.8 Å². The van der Waals surface area contributed by atoms with Crippen LogP contribution < -0.4 is 4.74 Å². The molecule has 0 aliphatic carbocycles. The fourth-order valence-corrected chi connectivity index (χ4v) is 2.46. The van der Waals surface area contributed by atoms with Crippen LogP contribution in [-0.2, 0) is 19.1 Å². The SMILES string of the molecule is C/C=C/C=C/CC(C/C=C/c1ccc(OC)cc1)(C(=O)OC)C(=O)OC. The summed E-state index contributed by atoms with van der Waals surface area (Å²) in [6.07, 6.45) is 11.2. The summed E-state index contributed by atoms with van der Waals surface area (Å²) < 4.78 is 14.9. The van der Waals surface area contributed by atoms with Crippen LogP contribution in [-0.4, -0.2) is 33.3 Å². The largest absolute Gasteiger partial charge is 0.497 e. The van der Waals surface area contributed by atoms with E-state index >= 15 is 0 Å². The average molecular weight is 358 g/mol. The van der Waals surface area contributed by atoms with Gasteiger partial charge in [-0.15, -0.1) is 0 Å². The molecule has 0 bridgehead atoms. The molecule has 0 spiro atoms. The molecule has 0 aliphatic heterocycles. The van der Waals surface area contributed by atoms with E-state index in [1.165, 1.54) is 14.2 Å². The Kier molecular flexibility index (Phi) is 8.92. The van der Waals surface area contributed by atoms with Crippen molar-refractivity contribution < 1.29 is 23.8 Å². The summed E-state index contributed by atoms with van der Waals surface area (Å²) in [6, 6.07) is 7.46. The average Bonchev–Trinajstić information content (AvgIpc) is 2.69. The number of benzene rings is 1. The molecule has 140 valence electrons. The Morgan fingerprint density at radius 3 is 2.00 bits per heavy atom. The van der Waals surface area contributed by atoms with Gasteiger partial charge in [0, 0.05) is 0 Å². The Bertz CT molecular complexity index is 652. The number of methoxy groups -OCH3 is 3. The van der Waals surface area contributed by atoms with Gasteiger partial charge in [0.05, 0.1) is 21.3 Å². The van der Waals surface area contributed by atoms with Crippen molar-refractivity contribution in [2.75, 3.05) is 21.3 Å². The predicted molar refractivity (Wildman–Crippen MR) is 102 cm³/mol. The summed E-state index contributed by atoms with van der Waals surface area (Å²) in [7, 11) is 4.14. The first-order chi connectivity index (χ1) is 12.5. The first-order valence-electron chi connectivity index (χ1n) is 8.29. The normalized spacial score (nSPS) is 12.0. The van der Waals surface area contributed by atoms with E-state index < -0.39 is 17.4 Å². The molecule has 1 aromatic carbocycles. The van der Waals surface area contributed by atoms with E-state index in [4.69, 9.17) is 14.2 Å². The van der Waals surface area contributed by atoms with E-state index in [0.717, 1.165) is 11.3 Å². The van der Waals surface area contributed by atoms with Crippen molar-refractivity contribution in [3.8, 4) is 5.75 Å². The summed E-state index contributed by atoms with van der Waals surface area (Å²) in [4.78, 5) is 24.8. The van der Waals surface area contributed by atoms with Gasteiger partial charge in [0.2, 0.25) is 0 Å². The van der Waals surface area contributed by atoms with Gasteiger partial charge in [-0.25, -0.2) is 0 Å². The molecule has 0 saturated heterocycles. The van der Waals surface area contributed by atoms with Crippen LogP contribution in [0.1, 0.15) is 25.3 Å². The number of rotatable bonds is 9. The van der Waals surface area contributed by atoms with Crippen LogP contribution in [0.25, 0.3) is 6.08 Å². The molecule has 0 atom stereocenters. The Morgan fingerprint density at radius 2 is 1.50 bits per heavy atom. The molecule has 0 aromatic heterocycles. The highest BCUT2D eigenvalue weighted by atomic mass is 16.5. The number of carbonyl (C=O) groups is 2. The van der Waals surface area contributed by atoms with Crippen molar-refractivity contribution in [2.45, 2.75) is 19.8 Å². The molecule has 5 heteroatoms. The van der Waals surface area contributed by atoms with E-state index in [0.29, 0.717) is 0 Å². The first-order valence-corrected chi connectivity index (χ1v) is 8.29. The van der Waals surface area contributed by atoms with E-state index in [1.54, 1.807) is 25.3 Å². The lowest BCUT2D eigenvalue weighted by Gasteiger charge is -2.25. The highest BCUT2D eigenvalue weighted by molar-refractivity contribution is 6.00. The second kappa shape index (κ2) is 10.9. The molecule has 1 aromatic rings. The molecule has 0 amide bonds. The van der Waals surface area contributed by atoms with E-state index in [-0.39, 0.29) is 12.8 Å². The second-order valence-electron chi connectivity index (χ2n) is 5.60. The summed E-state index contributed by atoms with van der Waals surface area (Å²) in [6.45, 7) is 1.88. The van der Waals surface area contributed by atoms with Crippen molar-refractivity contribution in [1.82, 2.24) is 0 Å². The van der Waals surface area contributed by atoms with Crippen molar-refractivity contribution >= 4 is 18.0 Å². The van der Waals surface area contributed by atoms with Crippen molar-refractivity contribution in [3.05, 3.63) is 60.2 Å². The van der Waals surface area contributed by atoms with Crippen molar-refractivity contribution in [2.24, 2.45) is 5.41 Å². The molecule has 26 heavy (non-hydrogen) atoms. The van der Waals surface area contributed by atoms with E-state index in [1.807, 2.05) is 49.4 Å². The molecule has 0 aliphatic rings. The minimum absolute atomic E-state index is 0.165. The van der Waals surface area contributed by atoms with Crippen molar-refractivity contribution in [3.63, 3.8) is 0 Å². The number of hydrogen-bond acceptors (Lipinski definition) is 5. The van der Waals surface area contributed by atoms with Gasteiger partial charge in [0.15, 0.2) is 5.41 Å². The third-order valence-electron chi connectivity index (χ3n) is 3.95. The number of carbonyl (C=O) groups excluding carboxylic acids is 2. The molecule has 0 fully saturated rings. The molecule has 0 heterocycles. The zero-order chi connectivity index (χ0) is 19.4. The van der Waals surface area contributed by atoms with Gasteiger partial charge >= 0.3 is 11.9 Å². The summed E-state index contributed by atoms with van der Waals surface area (Å²) in [5.74, 6) is -0.475. The predicted octanol–water partition coefficient (Wildman–Crippen LogP) is 3.95. The molecule has 0 N–H and O–H groups in total. The van der Waals surface area contributed by atoms with Gasteiger partial charge in [-0.3, -0.25) is 9.59 Å². The highest BCUT2D eigenvalue weighted by Gasteiger charge is 2.46. The maximum atomic E-state index is 12.4. The molecular weight excluding hydrogens is 332 g/mol. The number of ether oxygens (including phenoxy) is 3. The number of esters is 2. The lowest BCUT2D eigenvalue weighted by Crippen LogP contribution is -2.40. The van der Waals surface area contributed by atoms with Crippen LogP contribution in [0.3, 0.4) is 0 Å². The third-order valence-corrected chi connectivity index (χ3v) is 3.95. The summed E-state index contributed by atoms with van der Waals surface area (Å²) in [5.41, 5.74) is -0.483. The fraction of sp³-hybridized carbons (Fsp3) is 0.333. The standard InChI is InChI=1S/C21H26O5/c1-5-6-7-8-15-21(19(22)25-3,20(23)26-4)16-9-10-17-11-13-18(24-2)14-12-17/h5-14H,15-16H2,1-4H3/b6-5+,8-7+,10-9+. The maximum absolute atomic E-state index is 12.4. The Morgan fingerprint density at radius 1 is 0.923 bits per heavy atom. The molecular formula is C21H26O5. The van der Waals surface area contributed by atoms with Crippen LogP contribution in [0, 0.1) is 5.41 Å². The quantitative estimate of drug-likeness (QED) is 0.380. The Balaban J connectivity index is 3.06. The Labute approximate surface area is 155 Å². The van der Waals surface area contributed by atoms with Gasteiger partial charge in [0.1, 0.15) is 5.75 Å². The van der Waals surface area contributed by atoms with Crippen LogP contribution in [0.5, 0.6) is 5.75 Å². The highest BCUT2D eigenvalue weighted by Crippen LogP contribution is 2.32. The minimum Gasteiger partial charge on any atom is -0.497 e. The number of allylic oxidation sites excluding steroid dienone is 5. The zero-order valence-corrected chi connectivity index (χ0v) is 15.7. The summed E-state index contributed by atoms with van der Waals surface area (Å²) in [5, 5.41) is 0. The lowest BCUT2D eigenvalue weighted by molar-refractivity contribution is -0.168. The van der Waals surface area contributed by atoms with Gasteiger partial charge in [-0.2, -0.15) is 0 Å². The summed E-state index contributed by atoms with van der Waals surface area (Å²) >= 11 is 0.